The molecule has 3 rings (SSSR count). The van der Waals surface area contributed by atoms with Crippen molar-refractivity contribution in [2.45, 2.75) is 24.9 Å². The van der Waals surface area contributed by atoms with Crippen molar-refractivity contribution in [3.8, 4) is 0 Å². The number of tetrazole rings is 1. The van der Waals surface area contributed by atoms with Gasteiger partial charge in [-0.25, -0.2) is 17.8 Å². The molecule has 8 nitrogen and oxygen atoms in total. The third kappa shape index (κ3) is 3.97. The zero-order valence-electron chi connectivity index (χ0n) is 14.4. The van der Waals surface area contributed by atoms with Gasteiger partial charge in [0.05, 0.1) is 11.6 Å². The van der Waals surface area contributed by atoms with Crippen LogP contribution in [-0.2, 0) is 23.7 Å². The normalized spacial score (nSPS) is 17.5. The first-order chi connectivity index (χ1) is 11.9. The monoisotopic (exact) mass is 382 g/mol. The summed E-state index contributed by atoms with van der Waals surface area (Å²) in [6, 6.07) is 7.00. The fourth-order valence-corrected chi connectivity index (χ4v) is 4.42. The lowest BCUT2D eigenvalue weighted by atomic mass is 10.2. The average molecular weight is 383 g/mol. The number of benzene rings is 1. The summed E-state index contributed by atoms with van der Waals surface area (Å²) >= 11 is 5.25. The first-order valence-electron chi connectivity index (χ1n) is 8.14. The number of hydrogen-bond donors (Lipinski definition) is 0. The van der Waals surface area contributed by atoms with Gasteiger partial charge in [-0.3, -0.25) is 4.90 Å². The van der Waals surface area contributed by atoms with Gasteiger partial charge in [0.25, 0.3) is 0 Å². The maximum Gasteiger partial charge on any atom is 0.243 e. The second-order valence-electron chi connectivity index (χ2n) is 6.21. The van der Waals surface area contributed by atoms with E-state index < -0.39 is 10.0 Å². The smallest absolute Gasteiger partial charge is 0.243 e. The van der Waals surface area contributed by atoms with Crippen molar-refractivity contribution < 1.29 is 8.42 Å². The standard InChI is InChI=1S/C15H22N6O2S2/c1-13-4-6-14(7-5-13)25(22,23)20-9-3-8-19(10-11-20)12-21-15(24)18(2)16-17-21/h4-7H,3,8-12H2,1-2H3. The van der Waals surface area contributed by atoms with E-state index in [1.807, 2.05) is 19.1 Å². The van der Waals surface area contributed by atoms with Crippen molar-refractivity contribution in [3.05, 3.63) is 34.6 Å². The summed E-state index contributed by atoms with van der Waals surface area (Å²) in [6.07, 6.45) is 0.763. The highest BCUT2D eigenvalue weighted by molar-refractivity contribution is 7.89. The SMILES string of the molecule is Cc1ccc(S(=O)(=O)N2CCCN(Cn3nnn(C)c3=S)CC2)cc1. The van der Waals surface area contributed by atoms with Crippen LogP contribution in [0.1, 0.15) is 12.0 Å². The van der Waals surface area contributed by atoms with Gasteiger partial charge in [-0.1, -0.05) is 17.7 Å². The van der Waals surface area contributed by atoms with E-state index >= 15 is 0 Å². The van der Waals surface area contributed by atoms with Crippen LogP contribution < -0.4 is 0 Å². The summed E-state index contributed by atoms with van der Waals surface area (Å²) in [7, 11) is -1.70. The Morgan fingerprint density at radius 3 is 2.44 bits per heavy atom. The molecular formula is C15H22N6O2S2. The highest BCUT2D eigenvalue weighted by Gasteiger charge is 2.27. The van der Waals surface area contributed by atoms with Crippen molar-refractivity contribution >= 4 is 22.2 Å². The lowest BCUT2D eigenvalue weighted by Crippen LogP contribution is -2.35. The van der Waals surface area contributed by atoms with E-state index in [0.717, 1.165) is 18.5 Å². The number of nitrogens with zero attached hydrogens (tertiary/aromatic N) is 6. The van der Waals surface area contributed by atoms with Gasteiger partial charge in [0, 0.05) is 33.2 Å². The quantitative estimate of drug-likeness (QED) is 0.735. The molecule has 0 spiro atoms. The summed E-state index contributed by atoms with van der Waals surface area (Å²) in [6.45, 7) is 4.84. The maximum atomic E-state index is 12.8. The van der Waals surface area contributed by atoms with Gasteiger partial charge < -0.3 is 0 Å². The van der Waals surface area contributed by atoms with E-state index in [0.29, 0.717) is 36.0 Å². The largest absolute Gasteiger partial charge is 0.283 e. The lowest BCUT2D eigenvalue weighted by Gasteiger charge is -2.21. The van der Waals surface area contributed by atoms with Crippen LogP contribution in [-0.4, -0.2) is 63.6 Å². The molecule has 136 valence electrons. The summed E-state index contributed by atoms with van der Waals surface area (Å²) in [5.41, 5.74) is 1.04. The number of aryl methyl sites for hydroxylation is 2. The van der Waals surface area contributed by atoms with E-state index in [2.05, 4.69) is 15.3 Å². The van der Waals surface area contributed by atoms with Crippen LogP contribution in [0, 0.1) is 11.7 Å². The van der Waals surface area contributed by atoms with E-state index in [-0.39, 0.29) is 0 Å². The summed E-state index contributed by atoms with van der Waals surface area (Å²) in [5.74, 6) is 0. The molecule has 0 N–H and O–H groups in total. The summed E-state index contributed by atoms with van der Waals surface area (Å²) in [5, 5.41) is 7.91. The van der Waals surface area contributed by atoms with Gasteiger partial charge in [0.15, 0.2) is 0 Å². The second-order valence-corrected chi connectivity index (χ2v) is 8.52. The first kappa shape index (κ1) is 18.2. The number of rotatable bonds is 4. The van der Waals surface area contributed by atoms with Gasteiger partial charge in [-0.05, 0) is 48.1 Å². The topological polar surface area (TPSA) is 76.3 Å². The van der Waals surface area contributed by atoms with Crippen molar-refractivity contribution in [1.29, 1.82) is 0 Å². The van der Waals surface area contributed by atoms with E-state index in [4.69, 9.17) is 12.2 Å². The minimum Gasteiger partial charge on any atom is -0.283 e. The predicted octanol–water partition coefficient (Wildman–Crippen LogP) is 1.01. The molecule has 2 heterocycles. The molecule has 1 aromatic heterocycles. The Labute approximate surface area is 152 Å². The van der Waals surface area contributed by atoms with Crippen LogP contribution in [0.2, 0.25) is 0 Å². The highest BCUT2D eigenvalue weighted by Crippen LogP contribution is 2.18. The maximum absolute atomic E-state index is 12.8. The Hall–Kier alpha value is -1.62. The molecule has 1 aliphatic rings. The number of hydrogen-bond acceptors (Lipinski definition) is 6. The van der Waals surface area contributed by atoms with E-state index in [1.165, 1.54) is 0 Å². The molecule has 1 fully saturated rings. The molecule has 0 unspecified atom stereocenters. The number of sulfonamides is 1. The zero-order chi connectivity index (χ0) is 18.0. The Kier molecular flexibility index (Phi) is 5.32. The van der Waals surface area contributed by atoms with Gasteiger partial charge >= 0.3 is 0 Å². The molecule has 0 aliphatic carbocycles. The van der Waals surface area contributed by atoms with Crippen molar-refractivity contribution in [1.82, 2.24) is 29.0 Å². The molecule has 1 aromatic carbocycles. The van der Waals surface area contributed by atoms with Crippen molar-refractivity contribution in [2.75, 3.05) is 26.2 Å². The van der Waals surface area contributed by atoms with E-state index in [9.17, 15) is 8.42 Å². The third-order valence-corrected chi connectivity index (χ3v) is 6.71. The second kappa shape index (κ2) is 7.32. The Bertz CT molecular complexity index is 887. The molecule has 1 aliphatic heterocycles. The average Bonchev–Trinajstić information content (AvgIpc) is 2.79. The fourth-order valence-electron chi connectivity index (χ4n) is 2.82. The Morgan fingerprint density at radius 2 is 1.80 bits per heavy atom. The van der Waals surface area contributed by atoms with Crippen LogP contribution in [0.5, 0.6) is 0 Å². The van der Waals surface area contributed by atoms with Gasteiger partial charge in [-0.2, -0.15) is 4.31 Å². The predicted molar refractivity (Wildman–Crippen MR) is 96.0 cm³/mol. The van der Waals surface area contributed by atoms with E-state index in [1.54, 1.807) is 32.8 Å². The fraction of sp³-hybridized carbons (Fsp3) is 0.533. The van der Waals surface area contributed by atoms with Crippen LogP contribution >= 0.6 is 12.2 Å². The molecule has 0 radical (unpaired) electrons. The molecule has 0 saturated carbocycles. The first-order valence-corrected chi connectivity index (χ1v) is 9.99. The molecule has 2 aromatic rings. The van der Waals surface area contributed by atoms with Crippen LogP contribution in [0.15, 0.2) is 29.2 Å². The minimum atomic E-state index is -3.46. The van der Waals surface area contributed by atoms with Gasteiger partial charge in [-0.15, -0.1) is 0 Å². The molecule has 25 heavy (non-hydrogen) atoms. The van der Waals surface area contributed by atoms with Crippen LogP contribution in [0.4, 0.5) is 0 Å². The molecular weight excluding hydrogens is 360 g/mol. The summed E-state index contributed by atoms with van der Waals surface area (Å²) < 4.78 is 31.0. The van der Waals surface area contributed by atoms with Crippen LogP contribution in [0.3, 0.4) is 0 Å². The molecule has 1 saturated heterocycles. The summed E-state index contributed by atoms with van der Waals surface area (Å²) in [4.78, 5) is 2.50. The highest BCUT2D eigenvalue weighted by atomic mass is 32.2. The zero-order valence-corrected chi connectivity index (χ0v) is 16.0. The Balaban J connectivity index is 1.69. The van der Waals surface area contributed by atoms with Crippen molar-refractivity contribution in [3.63, 3.8) is 0 Å². The molecule has 0 bridgehead atoms. The van der Waals surface area contributed by atoms with Gasteiger partial charge in [0.2, 0.25) is 14.8 Å². The lowest BCUT2D eigenvalue weighted by molar-refractivity contribution is 0.214. The molecule has 0 amide bonds. The van der Waals surface area contributed by atoms with Crippen LogP contribution in [0.25, 0.3) is 0 Å². The number of aromatic nitrogens is 4. The Morgan fingerprint density at radius 1 is 1.08 bits per heavy atom. The van der Waals surface area contributed by atoms with Crippen molar-refractivity contribution in [2.24, 2.45) is 7.05 Å². The third-order valence-electron chi connectivity index (χ3n) is 4.32. The minimum absolute atomic E-state index is 0.350. The molecule has 0 atom stereocenters. The molecule has 10 heteroatoms. The van der Waals surface area contributed by atoms with Gasteiger partial charge in [0.1, 0.15) is 0 Å².